The minimum absolute atomic E-state index is 0. The Kier molecular flexibility index (Phi) is 18.5. The molecule has 0 bridgehead atoms. The molecule has 17 nitrogen and oxygen atoms in total. The maximum absolute atomic E-state index is 12.1. The van der Waals surface area contributed by atoms with Crippen molar-refractivity contribution in [2.75, 3.05) is 33.5 Å². The van der Waals surface area contributed by atoms with Gasteiger partial charge in [0.25, 0.3) is 0 Å². The van der Waals surface area contributed by atoms with Crippen LogP contribution in [-0.2, 0) is 59.8 Å². The van der Waals surface area contributed by atoms with E-state index in [1.165, 1.54) is 0 Å². The van der Waals surface area contributed by atoms with Gasteiger partial charge in [0.2, 0.25) is 0 Å². The van der Waals surface area contributed by atoms with E-state index < -0.39 is 79.8 Å². The van der Waals surface area contributed by atoms with Crippen molar-refractivity contribution in [2.45, 2.75) is 108 Å². The van der Waals surface area contributed by atoms with E-state index in [1.54, 1.807) is 6.61 Å². The van der Waals surface area contributed by atoms with E-state index in [0.29, 0.717) is 12.3 Å². The average Bonchev–Trinajstić information content (AvgIpc) is 3.72. The maximum Gasteiger partial charge on any atom is 1.00 e. The summed E-state index contributed by atoms with van der Waals surface area (Å²) in [6.07, 6.45) is -2.31. The van der Waals surface area contributed by atoms with Crippen molar-refractivity contribution in [1.29, 1.82) is 0 Å². The zero-order valence-electron chi connectivity index (χ0n) is 27.6. The molecule has 0 aromatic rings. The fraction of sp³-hybridized carbons (Fsp3) is 0.958. The summed E-state index contributed by atoms with van der Waals surface area (Å²) in [6.45, 7) is 5.66. The van der Waals surface area contributed by atoms with Crippen LogP contribution in [-0.4, -0.2) is 116 Å². The van der Waals surface area contributed by atoms with Gasteiger partial charge in [-0.15, -0.1) is 6.42 Å². The number of hydrogen-bond acceptors (Lipinski definition) is 14. The molecule has 4 heterocycles. The van der Waals surface area contributed by atoms with Crippen molar-refractivity contribution in [1.82, 2.24) is 0 Å². The molecule has 0 amide bonds. The Balaban J connectivity index is 0.000000330. The van der Waals surface area contributed by atoms with Crippen LogP contribution in [0.5, 0.6) is 0 Å². The third kappa shape index (κ3) is 14.8. The summed E-state index contributed by atoms with van der Waals surface area (Å²) in [4.78, 5) is 28.8. The molecule has 2 radical (unpaired) electrons. The first-order valence-corrected chi connectivity index (χ1v) is 19.0. The quantitative estimate of drug-likeness (QED) is 0.0928. The minimum atomic E-state index is -4.59. The summed E-state index contributed by atoms with van der Waals surface area (Å²) in [6, 6.07) is -0.693. The van der Waals surface area contributed by atoms with Crippen molar-refractivity contribution in [3.8, 4) is 0 Å². The molecule has 4 aliphatic heterocycles. The van der Waals surface area contributed by atoms with Crippen LogP contribution >= 0.6 is 23.5 Å². The fourth-order valence-corrected chi connectivity index (χ4v) is 7.35. The van der Waals surface area contributed by atoms with E-state index >= 15 is 0 Å². The van der Waals surface area contributed by atoms with Crippen LogP contribution in [0, 0.1) is 12.5 Å². The maximum atomic E-state index is 12.1. The molecule has 4 saturated heterocycles. The average molecular weight is 749 g/mol. The van der Waals surface area contributed by atoms with Crippen LogP contribution in [0.3, 0.4) is 0 Å². The second-order valence-corrected chi connectivity index (χ2v) is 15.4. The van der Waals surface area contributed by atoms with Crippen molar-refractivity contribution >= 4 is 31.3 Å². The van der Waals surface area contributed by atoms with Crippen LogP contribution in [0.2, 0.25) is 0 Å². The van der Waals surface area contributed by atoms with E-state index in [9.17, 15) is 33.5 Å². The monoisotopic (exact) mass is 749 g/mol. The molecular weight excluding hydrogens is 703 g/mol. The summed E-state index contributed by atoms with van der Waals surface area (Å²) >= 11 is 0. The molecule has 4 N–H and O–H groups in total. The summed E-state index contributed by atoms with van der Waals surface area (Å²) in [5, 5.41) is 9.67. The van der Waals surface area contributed by atoms with Gasteiger partial charge < -0.3 is 38.7 Å². The Bertz CT molecular complexity index is 1100. The summed E-state index contributed by atoms with van der Waals surface area (Å²) in [7, 11) is -6.47. The van der Waals surface area contributed by atoms with Crippen molar-refractivity contribution in [2.24, 2.45) is 5.92 Å². The van der Waals surface area contributed by atoms with Gasteiger partial charge in [-0.2, -0.15) is 0 Å². The number of ether oxygens (including phenoxy) is 4. The molecule has 0 saturated carbocycles. The zero-order valence-corrected chi connectivity index (χ0v) is 32.4. The molecule has 14 atom stereocenters. The molecule has 0 aliphatic carbocycles. The molecule has 46 heavy (non-hydrogen) atoms. The number of hydrogen-bond donors (Lipinski definition) is 4. The number of rotatable bonds is 15. The van der Waals surface area contributed by atoms with E-state index in [2.05, 4.69) is 9.05 Å². The van der Waals surface area contributed by atoms with E-state index in [4.69, 9.17) is 46.3 Å². The molecule has 0 aromatic carbocycles. The van der Waals surface area contributed by atoms with E-state index in [0.717, 1.165) is 20.0 Å². The third-order valence-corrected chi connectivity index (χ3v) is 10.4. The molecule has 0 spiro atoms. The van der Waals surface area contributed by atoms with E-state index in [-0.39, 0.29) is 89.1 Å². The summed E-state index contributed by atoms with van der Waals surface area (Å²) in [5.74, 6) is 0.316. The molecule has 14 unspecified atom stereocenters. The number of phosphoric acid groups is 3. The molecule has 4 fully saturated rings. The number of phosphoric ester groups is 3. The predicted octanol–water partition coefficient (Wildman–Crippen LogP) is -0.648. The van der Waals surface area contributed by atoms with Crippen molar-refractivity contribution in [3.63, 3.8) is 0 Å². The van der Waals surface area contributed by atoms with Crippen molar-refractivity contribution in [3.05, 3.63) is 6.61 Å². The van der Waals surface area contributed by atoms with Crippen molar-refractivity contribution < 1.29 is 132 Å². The van der Waals surface area contributed by atoms with Gasteiger partial charge in [0, 0.05) is 32.2 Å². The topological polar surface area (TPSA) is 224 Å². The molecule has 262 valence electrons. The normalized spacial score (nSPS) is 40.2. The second kappa shape index (κ2) is 20.2. The molecular formula is C24H45BKO17P3. The molecule has 0 aromatic heterocycles. The summed E-state index contributed by atoms with van der Waals surface area (Å²) in [5.41, 5.74) is 0. The first kappa shape index (κ1) is 42.2. The number of aliphatic hydroxyl groups is 1. The smallest absolute Gasteiger partial charge is 0.548 e. The first-order chi connectivity index (χ1) is 21.4. The van der Waals surface area contributed by atoms with Gasteiger partial charge in [-0.25, -0.2) is 20.3 Å². The second-order valence-electron chi connectivity index (χ2n) is 11.0. The van der Waals surface area contributed by atoms with Crippen LogP contribution in [0.4, 0.5) is 0 Å². The predicted molar refractivity (Wildman–Crippen MR) is 156 cm³/mol. The van der Waals surface area contributed by atoms with Crippen LogP contribution < -0.4 is 51.4 Å². The van der Waals surface area contributed by atoms with Gasteiger partial charge in [-0.3, -0.25) is 27.1 Å². The van der Waals surface area contributed by atoms with Crippen LogP contribution in [0.15, 0.2) is 0 Å². The fourth-order valence-electron chi connectivity index (χ4n) is 4.99. The summed E-state index contributed by atoms with van der Waals surface area (Å²) < 4.78 is 93.1. The third-order valence-electron chi connectivity index (χ3n) is 7.40. The van der Waals surface area contributed by atoms with Gasteiger partial charge in [-0.05, 0) is 32.1 Å². The Morgan fingerprint density at radius 3 is 2.02 bits per heavy atom. The van der Waals surface area contributed by atoms with Gasteiger partial charge in [-0.1, -0.05) is 13.8 Å². The Morgan fingerprint density at radius 2 is 1.48 bits per heavy atom. The van der Waals surface area contributed by atoms with Gasteiger partial charge in [0.15, 0.2) is 0 Å². The van der Waals surface area contributed by atoms with Gasteiger partial charge in [0.1, 0.15) is 26.2 Å². The largest absolute Gasteiger partial charge is 1.00 e. The van der Waals surface area contributed by atoms with E-state index in [1.807, 2.05) is 20.8 Å². The minimum Gasteiger partial charge on any atom is -0.548 e. The number of aliphatic hydroxyl groups excluding tert-OH is 1. The first-order valence-electron chi connectivity index (χ1n) is 15.1. The zero-order chi connectivity index (χ0) is 34.3. The van der Waals surface area contributed by atoms with Crippen LogP contribution in [0.1, 0.15) is 54.2 Å². The molecule has 4 aliphatic rings. The standard InChI is InChI=1S/C13H24O6P.C11H21BO11P2.K/c1-4-11-12(5-6-16-11)19-20(14,15)17-8-13-9(2)7-10(3)18-13;1-18-24(14,15)20-6-10-8(2-3-19-10)23-25(16,17)21-5-9-7(13)4-11(12)22-9;/h6,9-13H,4-5,7-8H2,1-3H3,(H,14,15);7-11,13H,2-6H2,1H3,(H,14,15)(H,16,17);/q-1;;+1/i;3D;. The Morgan fingerprint density at radius 1 is 0.891 bits per heavy atom. The Hall–Kier alpha value is 1.83. The molecule has 4 rings (SSSR count). The van der Waals surface area contributed by atoms with Gasteiger partial charge >= 0.3 is 74.9 Å². The SMILES string of the molecule is CCC1O[CH-]CC1OP(=O)(O)OCC1OC(C)CC1C.[2H]C1CC(OP(=O)(O)OCC2OC([B])CC2O)C(COP(=O)(O)OC)O1.[K+]. The molecule has 22 heteroatoms. The van der Waals surface area contributed by atoms with Crippen LogP contribution in [0.25, 0.3) is 0 Å². The Labute approximate surface area is 315 Å². The van der Waals surface area contributed by atoms with Gasteiger partial charge in [0.05, 0.1) is 45.6 Å².